The van der Waals surface area contributed by atoms with Crippen molar-refractivity contribution in [3.63, 3.8) is 0 Å². The van der Waals surface area contributed by atoms with Gasteiger partial charge in [-0.15, -0.1) is 0 Å². The fourth-order valence-electron chi connectivity index (χ4n) is 9.00. The second-order valence-corrected chi connectivity index (χ2v) is 53.5. The Bertz CT molecular complexity index is 2480. The summed E-state index contributed by atoms with van der Waals surface area (Å²) < 4.78 is 555. The molecule has 0 bridgehead atoms. The summed E-state index contributed by atoms with van der Waals surface area (Å²) in [5, 5.41) is -18.0. The van der Waals surface area contributed by atoms with Crippen LogP contribution in [0.25, 0.3) is 0 Å². The van der Waals surface area contributed by atoms with Gasteiger partial charge >= 0.3 is 489 Å². The third-order valence-electron chi connectivity index (χ3n) is 14.4. The Morgan fingerprint density at radius 3 is 0.563 bits per heavy atom. The average Bonchev–Trinajstić information content (AvgIpc) is 2.09. The Kier molecular flexibility index (Phi) is 25.6. The van der Waals surface area contributed by atoms with Crippen LogP contribution >= 0.6 is 11.3 Å². The van der Waals surface area contributed by atoms with Gasteiger partial charge < -0.3 is 0 Å². The molecule has 87 heavy (non-hydrogen) atoms. The van der Waals surface area contributed by atoms with Gasteiger partial charge in [-0.1, -0.05) is 0 Å². The number of unbranched alkanes of at least 4 members (excludes halogenated alkanes) is 6. The van der Waals surface area contributed by atoms with Crippen molar-refractivity contribution in [2.75, 3.05) is 0 Å². The van der Waals surface area contributed by atoms with Crippen LogP contribution in [0.4, 0.5) is 149 Å². The molecule has 0 atom stereocenters. The van der Waals surface area contributed by atoms with Crippen molar-refractivity contribution in [3.8, 4) is 0 Å². The van der Waals surface area contributed by atoms with Gasteiger partial charge in [-0.05, 0) is 0 Å². The normalized spacial score (nSPS) is 15.9. The van der Waals surface area contributed by atoms with Gasteiger partial charge in [0.1, 0.15) is 0 Å². The van der Waals surface area contributed by atoms with Crippen molar-refractivity contribution in [1.82, 2.24) is 0 Å². The van der Waals surface area contributed by atoms with E-state index < -0.39 is 242 Å². The second kappa shape index (κ2) is 26.5. The first-order chi connectivity index (χ1) is 38.3. The number of rotatable bonds is 36. The summed E-state index contributed by atoms with van der Waals surface area (Å²) >= 11 is -13.5. The quantitative estimate of drug-likeness (QED) is 0.0496. The Balaban J connectivity index is 5.67. The first kappa shape index (κ1) is 83.8. The fraction of sp³-hybridized carbons (Fsp3) is 0.909. The van der Waals surface area contributed by atoms with E-state index in [9.17, 15) is 95.9 Å². The molecule has 1 aromatic rings. The van der Waals surface area contributed by atoms with E-state index in [0.717, 1.165) is 0 Å². The third kappa shape index (κ3) is 12.8. The number of thiophene rings is 1. The number of hydrogen-bond acceptors (Lipinski definition) is 5. The molecule has 1 rings (SSSR count). The molecule has 0 aliphatic heterocycles. The number of halogens is 34. The van der Waals surface area contributed by atoms with Gasteiger partial charge in [0.2, 0.25) is 0 Å². The van der Waals surface area contributed by atoms with E-state index in [0.29, 0.717) is 0 Å². The molecule has 0 amide bonds. The predicted octanol–water partition coefficient (Wildman–Crippen LogP) is 19.3. The van der Waals surface area contributed by atoms with Crippen LogP contribution in [-0.4, -0.2) is 148 Å². The molecular formula is C44H54F34O4S3Sn2. The summed E-state index contributed by atoms with van der Waals surface area (Å²) in [5.74, 6) is -113. The van der Waals surface area contributed by atoms with Gasteiger partial charge in [-0.3, -0.25) is 0 Å². The van der Waals surface area contributed by atoms with E-state index in [4.69, 9.17) is 0 Å². The van der Waals surface area contributed by atoms with Crippen LogP contribution < -0.4 is 5.79 Å². The van der Waals surface area contributed by atoms with Crippen molar-refractivity contribution in [3.05, 3.63) is 0 Å². The fourth-order valence-corrected chi connectivity index (χ4v) is 61.4. The zero-order valence-corrected chi connectivity index (χ0v) is 53.6. The van der Waals surface area contributed by atoms with E-state index >= 15 is 70.2 Å². The van der Waals surface area contributed by atoms with Crippen molar-refractivity contribution >= 4 is 73.6 Å². The number of hydrogen-bond donors (Lipinski definition) is 0. The van der Waals surface area contributed by atoms with Gasteiger partial charge in [0.05, 0.1) is 0 Å². The van der Waals surface area contributed by atoms with Crippen LogP contribution in [0.15, 0.2) is 9.79 Å². The summed E-state index contributed by atoms with van der Waals surface area (Å²) in [6, 6.07) is 0. The first-order valence-corrected chi connectivity index (χ1v) is 44.2. The maximum absolute atomic E-state index is 17.0. The Hall–Kier alpha value is -1.18. The Labute approximate surface area is 486 Å². The molecule has 0 radical (unpaired) electrons. The predicted molar refractivity (Wildman–Crippen MR) is 249 cm³/mol. The minimum atomic E-state index is -9.66. The van der Waals surface area contributed by atoms with Crippen LogP contribution in [0.3, 0.4) is 0 Å². The van der Waals surface area contributed by atoms with Crippen LogP contribution in [0.1, 0.15) is 119 Å². The molecule has 0 saturated carbocycles. The number of alkyl halides is 34. The molecule has 1 heterocycles. The van der Waals surface area contributed by atoms with Gasteiger partial charge in [-0.2, -0.15) is 0 Å². The summed E-state index contributed by atoms with van der Waals surface area (Å²) in [7, 11) is -19.0. The van der Waals surface area contributed by atoms with E-state index in [1.165, 1.54) is 41.5 Å². The summed E-state index contributed by atoms with van der Waals surface area (Å²) in [6.45, 7) is 7.22. The number of sulfone groups is 2. The Morgan fingerprint density at radius 2 is 0.414 bits per heavy atom. The van der Waals surface area contributed by atoms with E-state index in [1.807, 2.05) is 0 Å². The molecule has 1 aromatic heterocycles. The molecule has 0 saturated heterocycles. The molecule has 43 heteroatoms. The average molecular weight is 1630 g/mol. The van der Waals surface area contributed by atoms with Crippen LogP contribution in [-0.2, 0) is 19.7 Å². The van der Waals surface area contributed by atoms with E-state index in [-0.39, 0.29) is 38.5 Å². The zero-order valence-electron chi connectivity index (χ0n) is 45.4. The summed E-state index contributed by atoms with van der Waals surface area (Å²) in [5.41, 5.74) is 0. The molecule has 0 unspecified atom stereocenters. The zero-order chi connectivity index (χ0) is 69.7. The molecule has 0 aliphatic rings. The van der Waals surface area contributed by atoms with Gasteiger partial charge in [-0.25, -0.2) is 0 Å². The second-order valence-electron chi connectivity index (χ2n) is 20.5. The van der Waals surface area contributed by atoms with E-state index in [1.54, 1.807) is 0 Å². The third-order valence-corrected chi connectivity index (χ3v) is 57.4. The van der Waals surface area contributed by atoms with Gasteiger partial charge in [0.15, 0.2) is 0 Å². The molecule has 4 nitrogen and oxygen atoms in total. The molecular weight excluding hydrogens is 1570 g/mol. The van der Waals surface area contributed by atoms with Crippen molar-refractivity contribution in [2.45, 2.75) is 249 Å². The van der Waals surface area contributed by atoms with Gasteiger partial charge in [0.25, 0.3) is 0 Å². The molecule has 0 N–H and O–H groups in total. The van der Waals surface area contributed by atoms with Crippen molar-refractivity contribution < 1.29 is 166 Å². The van der Waals surface area contributed by atoms with Gasteiger partial charge in [0, 0.05) is 0 Å². The van der Waals surface area contributed by atoms with Crippen LogP contribution in [0, 0.1) is 0 Å². The van der Waals surface area contributed by atoms with E-state index in [2.05, 4.69) is 0 Å². The van der Waals surface area contributed by atoms with Crippen LogP contribution in [0.5, 0.6) is 0 Å². The summed E-state index contributed by atoms with van der Waals surface area (Å²) in [4.78, 5) is -7.63. The Morgan fingerprint density at radius 1 is 0.264 bits per heavy atom. The molecule has 0 aliphatic carbocycles. The first-order valence-electron chi connectivity index (χ1n) is 25.4. The standard InChI is InChI=1S/C20F34O4S3.6C4H9.2Sn/c21-5(22,9(29,30)13(37,38)17(45,46)47)7(25,26)11(33,34)15(41,42)19(51,52)60(55,56)3-1-59-2-4(3)61(57,58)20(53,54)16(43,44)12(35,36)8(27,28)6(23,24)10(31,32)14(39,40)18(48,49)50;6*1-3-4-2;;/h;6*1,3-4H2,2H3;;. The molecule has 518 valence electrons. The maximum atomic E-state index is 17.0. The van der Waals surface area contributed by atoms with Crippen LogP contribution in [0.2, 0.25) is 26.6 Å². The van der Waals surface area contributed by atoms with Crippen molar-refractivity contribution in [2.24, 2.45) is 0 Å². The molecule has 0 spiro atoms. The summed E-state index contributed by atoms with van der Waals surface area (Å²) in [6.07, 6.45) is -21.2. The van der Waals surface area contributed by atoms with Crippen molar-refractivity contribution in [1.29, 1.82) is 0 Å². The molecule has 0 fully saturated rings. The minimum absolute atomic E-state index is 0.261. The SMILES string of the molecule is CCC[CH2][Sn]([CH2]CCC)([CH2]CCC)[c]1s[c]([Sn]([CH2]CCC)([CH2]CCC)[CH2]CCC)c(S(=O)(=O)C(F)(F)C(F)(F)C(F)(F)C(F)(F)C(F)(F)C(F)(F)C(F)(F)C(F)(F)F)c1S(=O)(=O)C(F)(F)C(F)(F)C(F)(F)C(F)(F)C(F)(F)C(F)(F)C(F)(F)C(F)(F)F. The topological polar surface area (TPSA) is 68.3 Å². The monoisotopic (exact) mass is 1630 g/mol. The molecule has 0 aromatic carbocycles.